The molecule has 3 rings (SSSR count). The molecule has 0 saturated carbocycles. The zero-order valence-corrected chi connectivity index (χ0v) is 20.1. The van der Waals surface area contributed by atoms with Gasteiger partial charge < -0.3 is 24.9 Å². The zero-order chi connectivity index (χ0) is 24.0. The van der Waals surface area contributed by atoms with Crippen molar-refractivity contribution in [1.29, 1.82) is 0 Å². The summed E-state index contributed by atoms with van der Waals surface area (Å²) in [6.07, 6.45) is 4.79. The van der Waals surface area contributed by atoms with Gasteiger partial charge in [-0.3, -0.25) is 0 Å². The van der Waals surface area contributed by atoms with Gasteiger partial charge in [0.2, 0.25) is 0 Å². The molecule has 0 unspecified atom stereocenters. The topological polar surface area (TPSA) is 99.5 Å². The Balaban J connectivity index is 1.42. The quantitative estimate of drug-likeness (QED) is 0.308. The number of unbranched alkanes of at least 4 members (excludes halogenated alkanes) is 1. The molecule has 2 aromatic heterocycles. The van der Waals surface area contributed by atoms with Crippen LogP contribution in [0.2, 0.25) is 0 Å². The van der Waals surface area contributed by atoms with Crippen molar-refractivity contribution in [2.75, 3.05) is 6.61 Å². The van der Waals surface area contributed by atoms with E-state index >= 15 is 0 Å². The van der Waals surface area contributed by atoms with E-state index in [0.717, 1.165) is 17.4 Å². The van der Waals surface area contributed by atoms with Gasteiger partial charge in [-0.25, -0.2) is 14.8 Å². The smallest absolute Gasteiger partial charge is 0.407 e. The first-order valence-corrected chi connectivity index (χ1v) is 11.3. The number of ether oxygens (including phenoxy) is 1. The van der Waals surface area contributed by atoms with E-state index < -0.39 is 6.09 Å². The molecule has 0 spiro atoms. The fourth-order valence-corrected chi connectivity index (χ4v) is 3.66. The van der Waals surface area contributed by atoms with E-state index in [4.69, 9.17) is 22.1 Å². The van der Waals surface area contributed by atoms with E-state index in [1.54, 1.807) is 13.3 Å². The van der Waals surface area contributed by atoms with Crippen molar-refractivity contribution in [2.24, 2.45) is 10.7 Å². The third-order valence-corrected chi connectivity index (χ3v) is 5.26. The molecule has 33 heavy (non-hydrogen) atoms. The van der Waals surface area contributed by atoms with Crippen LogP contribution in [0.1, 0.15) is 50.9 Å². The van der Waals surface area contributed by atoms with Crippen molar-refractivity contribution in [3.63, 3.8) is 0 Å². The van der Waals surface area contributed by atoms with Crippen LogP contribution in [0.4, 0.5) is 10.6 Å². The van der Waals surface area contributed by atoms with Crippen LogP contribution in [0.25, 0.3) is 16.6 Å². The normalized spacial score (nSPS) is 11.8. The van der Waals surface area contributed by atoms with Crippen molar-refractivity contribution in [3.05, 3.63) is 54.6 Å². The van der Waals surface area contributed by atoms with Gasteiger partial charge in [0.25, 0.3) is 0 Å². The Morgan fingerprint density at radius 3 is 2.82 bits per heavy atom. The molecular weight excluding hydrogens is 440 g/mol. The molecule has 0 saturated heterocycles. The number of aromatic nitrogens is 3. The number of imidazole rings is 1. The summed E-state index contributed by atoms with van der Waals surface area (Å²) in [6, 6.07) is 8.70. The summed E-state index contributed by atoms with van der Waals surface area (Å²) in [4.78, 5) is 20.6. The molecule has 176 valence electrons. The van der Waals surface area contributed by atoms with Crippen LogP contribution in [0.5, 0.6) is 0 Å². The monoisotopic (exact) mass is 470 g/mol. The largest absolute Gasteiger partial charge is 0.450 e. The second-order valence-electron chi connectivity index (χ2n) is 8.15. The number of alkyl carbamates (subject to hydrolysis) is 1. The average Bonchev–Trinajstić information content (AvgIpc) is 3.35. The van der Waals surface area contributed by atoms with Crippen LogP contribution in [-0.4, -0.2) is 32.0 Å². The maximum absolute atomic E-state index is 12.1. The molecule has 0 aliphatic rings. The number of amides is 1. The van der Waals surface area contributed by atoms with Gasteiger partial charge in [0.05, 0.1) is 18.6 Å². The molecule has 3 aromatic rings. The molecule has 1 amide bonds. The van der Waals surface area contributed by atoms with Crippen LogP contribution >= 0.6 is 11.6 Å². The lowest BCUT2D eigenvalue weighted by Gasteiger charge is -2.10. The summed E-state index contributed by atoms with van der Waals surface area (Å²) in [5, 5.41) is 4.35. The molecule has 0 fully saturated rings. The predicted octanol–water partition coefficient (Wildman–Crippen LogP) is 5.34. The van der Waals surface area contributed by atoms with Gasteiger partial charge in [0.1, 0.15) is 10.9 Å². The molecule has 0 aliphatic heterocycles. The summed E-state index contributed by atoms with van der Waals surface area (Å²) < 4.78 is 9.39. The second kappa shape index (κ2) is 11.0. The Morgan fingerprint density at radius 1 is 1.33 bits per heavy atom. The fraction of sp³-hybridized carbons (Fsp3) is 0.375. The standard InChI is InChI=1S/C24H31ClN6O2/c1-16(2)31-11-9-20-13-19(7-8-21(20)31)14-27-24(32)33-12-6-5-10-30-15-28-22(17(3)26)23(30)29-18(4)25/h7-9,11,13,15-16H,3,5-6,10,12,14,26H2,1-2,4H3,(H,27,32). The molecular formula is C24H31ClN6O2. The molecule has 2 heterocycles. The van der Waals surface area contributed by atoms with E-state index in [1.807, 2.05) is 10.6 Å². The number of hydrogen-bond acceptors (Lipinski definition) is 5. The molecule has 1 aromatic carbocycles. The van der Waals surface area contributed by atoms with Crippen LogP contribution in [0.15, 0.2) is 48.4 Å². The van der Waals surface area contributed by atoms with Gasteiger partial charge >= 0.3 is 6.09 Å². The molecule has 0 aliphatic carbocycles. The van der Waals surface area contributed by atoms with Crippen molar-refractivity contribution >= 4 is 45.3 Å². The van der Waals surface area contributed by atoms with Gasteiger partial charge in [-0.1, -0.05) is 24.2 Å². The maximum atomic E-state index is 12.1. The Hall–Kier alpha value is -3.26. The van der Waals surface area contributed by atoms with Gasteiger partial charge in [-0.2, -0.15) is 0 Å². The Bertz CT molecular complexity index is 1160. The van der Waals surface area contributed by atoms with Crippen molar-refractivity contribution in [3.8, 4) is 0 Å². The molecule has 0 bridgehead atoms. The van der Waals surface area contributed by atoms with Gasteiger partial charge in [-0.05, 0) is 62.8 Å². The highest BCUT2D eigenvalue weighted by molar-refractivity contribution is 6.65. The Morgan fingerprint density at radius 2 is 2.12 bits per heavy atom. The first-order valence-electron chi connectivity index (χ1n) is 11.0. The van der Waals surface area contributed by atoms with E-state index in [0.29, 0.717) is 54.5 Å². The summed E-state index contributed by atoms with van der Waals surface area (Å²) in [6.45, 7) is 11.1. The van der Waals surface area contributed by atoms with Gasteiger partial charge in [-0.15, -0.1) is 0 Å². The van der Waals surface area contributed by atoms with Crippen LogP contribution in [0, 0.1) is 0 Å². The van der Waals surface area contributed by atoms with Crippen molar-refractivity contribution < 1.29 is 9.53 Å². The first-order chi connectivity index (χ1) is 15.8. The first kappa shape index (κ1) is 24.4. The number of halogens is 1. The van der Waals surface area contributed by atoms with Gasteiger partial charge in [0.15, 0.2) is 5.82 Å². The number of fused-ring (bicyclic) bond motifs is 1. The lowest BCUT2D eigenvalue weighted by molar-refractivity contribution is 0.143. The fourth-order valence-electron chi connectivity index (χ4n) is 3.58. The van der Waals surface area contributed by atoms with E-state index in [1.165, 1.54) is 5.52 Å². The number of nitrogens with one attached hydrogen (secondary N) is 1. The third kappa shape index (κ3) is 6.38. The number of hydrogen-bond donors (Lipinski definition) is 2. The number of carbonyl (C=O) groups excluding carboxylic acids is 1. The lowest BCUT2D eigenvalue weighted by atomic mass is 10.1. The molecule has 0 radical (unpaired) electrons. The highest BCUT2D eigenvalue weighted by atomic mass is 35.5. The molecule has 3 N–H and O–H groups in total. The highest BCUT2D eigenvalue weighted by Gasteiger charge is 2.12. The summed E-state index contributed by atoms with van der Waals surface area (Å²) in [5.41, 5.74) is 8.85. The molecule has 0 atom stereocenters. The lowest BCUT2D eigenvalue weighted by Crippen LogP contribution is -2.24. The SMILES string of the molecule is C=C(N)c1ncn(CCCCOC(=O)NCc2ccc3c(ccn3C(C)C)c2)c1N=C(C)Cl. The summed E-state index contributed by atoms with van der Waals surface area (Å²) in [7, 11) is 0. The van der Waals surface area contributed by atoms with Gasteiger partial charge in [0, 0.05) is 30.8 Å². The van der Waals surface area contributed by atoms with Crippen molar-refractivity contribution in [1.82, 2.24) is 19.4 Å². The number of nitrogens with two attached hydrogens (primary N) is 1. The van der Waals surface area contributed by atoms with E-state index in [9.17, 15) is 4.79 Å². The minimum Gasteiger partial charge on any atom is -0.450 e. The molecule has 9 heteroatoms. The molecule has 8 nitrogen and oxygen atoms in total. The van der Waals surface area contributed by atoms with E-state index in [-0.39, 0.29) is 0 Å². The number of aliphatic imine (C=N–C) groups is 1. The maximum Gasteiger partial charge on any atom is 0.407 e. The Kier molecular flexibility index (Phi) is 8.16. The minimum atomic E-state index is -0.428. The summed E-state index contributed by atoms with van der Waals surface area (Å²) in [5.74, 6) is 0.578. The summed E-state index contributed by atoms with van der Waals surface area (Å²) >= 11 is 5.93. The predicted molar refractivity (Wildman–Crippen MR) is 134 cm³/mol. The van der Waals surface area contributed by atoms with Crippen LogP contribution in [0.3, 0.4) is 0 Å². The third-order valence-electron chi connectivity index (χ3n) is 5.18. The number of aryl methyl sites for hydroxylation is 1. The highest BCUT2D eigenvalue weighted by Crippen LogP contribution is 2.24. The Labute approximate surface area is 199 Å². The number of nitrogens with zero attached hydrogens (tertiary/aromatic N) is 4. The van der Waals surface area contributed by atoms with Crippen molar-refractivity contribution in [2.45, 2.75) is 52.7 Å². The average molecular weight is 471 g/mol. The zero-order valence-electron chi connectivity index (χ0n) is 19.3. The van der Waals surface area contributed by atoms with Crippen LogP contribution in [-0.2, 0) is 17.8 Å². The minimum absolute atomic E-state index is 0.320. The van der Waals surface area contributed by atoms with E-state index in [2.05, 4.69) is 64.7 Å². The second-order valence-corrected chi connectivity index (χ2v) is 8.70. The number of rotatable bonds is 10. The number of benzene rings is 1. The number of carbonyl (C=O) groups is 1. The van der Waals surface area contributed by atoms with Crippen LogP contribution < -0.4 is 11.1 Å².